The van der Waals surface area contributed by atoms with Crippen molar-refractivity contribution in [2.45, 2.75) is 25.4 Å². The van der Waals surface area contributed by atoms with E-state index in [0.29, 0.717) is 0 Å². The fraction of sp³-hybridized carbons (Fsp3) is 0.500. The lowest BCUT2D eigenvalue weighted by molar-refractivity contribution is 0.255. The predicted molar refractivity (Wildman–Crippen MR) is 68.9 cm³/mol. The van der Waals surface area contributed by atoms with Crippen molar-refractivity contribution in [1.29, 1.82) is 0 Å². The molecule has 0 spiro atoms. The van der Waals surface area contributed by atoms with Gasteiger partial charge in [0.15, 0.2) is 0 Å². The van der Waals surface area contributed by atoms with E-state index < -0.39 is 8.56 Å². The molecule has 1 unspecified atom stereocenters. The van der Waals surface area contributed by atoms with Crippen LogP contribution in [-0.4, -0.2) is 28.8 Å². The van der Waals surface area contributed by atoms with E-state index in [1.165, 1.54) is 5.19 Å². The highest BCUT2D eigenvalue weighted by Gasteiger charge is 2.37. The van der Waals surface area contributed by atoms with Gasteiger partial charge in [0, 0.05) is 20.3 Å². The van der Waals surface area contributed by atoms with Gasteiger partial charge in [0.2, 0.25) is 0 Å². The second-order valence-electron chi connectivity index (χ2n) is 4.04. The van der Waals surface area contributed by atoms with Crippen LogP contribution < -0.4 is 10.9 Å². The Balaban J connectivity index is 2.87. The lowest BCUT2D eigenvalue weighted by atomic mass is 10.3. The molecule has 3 nitrogen and oxygen atoms in total. The maximum absolute atomic E-state index is 5.80. The third-order valence-electron chi connectivity index (χ3n) is 2.80. The smallest absolute Gasteiger partial charge is 0.372 e. The molecule has 0 amide bonds. The van der Waals surface area contributed by atoms with E-state index in [2.05, 4.69) is 12.1 Å². The number of hydrogen-bond acceptors (Lipinski definition) is 3. The first kappa shape index (κ1) is 13.4. The summed E-state index contributed by atoms with van der Waals surface area (Å²) in [5.74, 6) is 0. The second-order valence-corrected chi connectivity index (χ2v) is 7.44. The van der Waals surface area contributed by atoms with Crippen LogP contribution in [0, 0.1) is 0 Å². The molecule has 0 fully saturated rings. The van der Waals surface area contributed by atoms with Gasteiger partial charge in [-0.1, -0.05) is 30.3 Å². The van der Waals surface area contributed by atoms with Crippen LogP contribution in [0.3, 0.4) is 0 Å². The second kappa shape index (κ2) is 6.15. The molecule has 0 aliphatic heterocycles. The molecule has 2 N–H and O–H groups in total. The van der Waals surface area contributed by atoms with Crippen LogP contribution in [0.2, 0.25) is 6.04 Å². The summed E-state index contributed by atoms with van der Waals surface area (Å²) in [6, 6.07) is 11.2. The van der Waals surface area contributed by atoms with Crippen LogP contribution in [0.25, 0.3) is 0 Å². The summed E-state index contributed by atoms with van der Waals surface area (Å²) in [7, 11) is 1.19. The van der Waals surface area contributed by atoms with Crippen molar-refractivity contribution < 1.29 is 8.85 Å². The minimum atomic E-state index is -2.26. The largest absolute Gasteiger partial charge is 0.394 e. The fourth-order valence-electron chi connectivity index (χ4n) is 1.78. The average Bonchev–Trinajstić information content (AvgIpc) is 2.32. The Morgan fingerprint density at radius 3 is 2.19 bits per heavy atom. The molecule has 16 heavy (non-hydrogen) atoms. The summed E-state index contributed by atoms with van der Waals surface area (Å²) >= 11 is 0. The standard InChI is InChI=1S/C12H21NO2Si/c1-11(13)9-10-16(14-2,15-3)12-7-5-4-6-8-12/h4-8,11H,9-10,13H2,1-3H3. The van der Waals surface area contributed by atoms with Gasteiger partial charge in [-0.3, -0.25) is 0 Å². The molecular weight excluding hydrogens is 218 g/mol. The topological polar surface area (TPSA) is 44.5 Å². The molecule has 1 aromatic carbocycles. The molecule has 1 rings (SSSR count). The van der Waals surface area contributed by atoms with E-state index in [1.54, 1.807) is 14.2 Å². The van der Waals surface area contributed by atoms with Crippen LogP contribution in [0.15, 0.2) is 30.3 Å². The average molecular weight is 239 g/mol. The van der Waals surface area contributed by atoms with Gasteiger partial charge >= 0.3 is 8.56 Å². The van der Waals surface area contributed by atoms with Gasteiger partial charge in [0.1, 0.15) is 0 Å². The summed E-state index contributed by atoms with van der Waals surface area (Å²) < 4.78 is 11.4. The van der Waals surface area contributed by atoms with Gasteiger partial charge in [0.05, 0.1) is 0 Å². The molecule has 4 heteroatoms. The van der Waals surface area contributed by atoms with Crippen molar-refractivity contribution in [3.05, 3.63) is 30.3 Å². The number of hydrogen-bond donors (Lipinski definition) is 1. The van der Waals surface area contributed by atoms with Gasteiger partial charge in [-0.05, 0) is 24.6 Å². The third kappa shape index (κ3) is 3.15. The van der Waals surface area contributed by atoms with E-state index in [1.807, 2.05) is 25.1 Å². The van der Waals surface area contributed by atoms with Crippen molar-refractivity contribution in [2.24, 2.45) is 5.73 Å². The monoisotopic (exact) mass is 239 g/mol. The summed E-state index contributed by atoms with van der Waals surface area (Å²) in [4.78, 5) is 0. The Morgan fingerprint density at radius 1 is 1.19 bits per heavy atom. The fourth-order valence-corrected chi connectivity index (χ4v) is 4.65. The molecule has 90 valence electrons. The number of rotatable bonds is 6. The van der Waals surface area contributed by atoms with Crippen molar-refractivity contribution in [3.63, 3.8) is 0 Å². The highest BCUT2D eigenvalue weighted by atomic mass is 28.4. The minimum absolute atomic E-state index is 0.181. The van der Waals surface area contributed by atoms with E-state index in [0.717, 1.165) is 12.5 Å². The van der Waals surface area contributed by atoms with Crippen LogP contribution in [-0.2, 0) is 8.85 Å². The van der Waals surface area contributed by atoms with E-state index in [9.17, 15) is 0 Å². The lowest BCUT2D eigenvalue weighted by Gasteiger charge is -2.28. The third-order valence-corrected chi connectivity index (χ3v) is 6.28. The number of benzene rings is 1. The van der Waals surface area contributed by atoms with Crippen LogP contribution >= 0.6 is 0 Å². The highest BCUT2D eigenvalue weighted by Crippen LogP contribution is 2.15. The SMILES string of the molecule is CO[Si](CCC(C)N)(OC)c1ccccc1. The Bertz CT molecular complexity index is 299. The van der Waals surface area contributed by atoms with Crippen molar-refractivity contribution in [2.75, 3.05) is 14.2 Å². The van der Waals surface area contributed by atoms with E-state index >= 15 is 0 Å². The quantitative estimate of drug-likeness (QED) is 0.763. The molecule has 0 radical (unpaired) electrons. The molecule has 0 aliphatic rings. The Hall–Kier alpha value is -0.683. The van der Waals surface area contributed by atoms with E-state index in [-0.39, 0.29) is 6.04 Å². The van der Waals surface area contributed by atoms with Gasteiger partial charge in [-0.15, -0.1) is 0 Å². The normalized spacial score (nSPS) is 13.8. The zero-order valence-corrected chi connectivity index (χ0v) is 11.3. The Labute approximate surface area is 98.8 Å². The molecule has 0 aliphatic carbocycles. The first-order chi connectivity index (χ1) is 7.64. The first-order valence-electron chi connectivity index (χ1n) is 5.56. The summed E-state index contributed by atoms with van der Waals surface area (Å²) in [6.45, 7) is 2.01. The Morgan fingerprint density at radius 2 is 1.75 bits per heavy atom. The maximum Gasteiger partial charge on any atom is 0.372 e. The molecule has 1 aromatic rings. The highest BCUT2D eigenvalue weighted by molar-refractivity contribution is 6.81. The molecule has 0 bridgehead atoms. The zero-order valence-electron chi connectivity index (χ0n) is 10.3. The summed E-state index contributed by atoms with van der Waals surface area (Å²) in [5, 5.41) is 1.17. The summed E-state index contributed by atoms with van der Waals surface area (Å²) in [6.07, 6.45) is 0.919. The van der Waals surface area contributed by atoms with Gasteiger partial charge in [-0.2, -0.15) is 0 Å². The molecule has 0 aromatic heterocycles. The van der Waals surface area contributed by atoms with Crippen molar-refractivity contribution >= 4 is 13.7 Å². The van der Waals surface area contributed by atoms with Crippen LogP contribution in [0.4, 0.5) is 0 Å². The van der Waals surface area contributed by atoms with Crippen molar-refractivity contribution in [3.8, 4) is 0 Å². The molecule has 1 atom stereocenters. The lowest BCUT2D eigenvalue weighted by Crippen LogP contribution is -2.52. The number of nitrogens with two attached hydrogens (primary N) is 1. The molecule has 0 saturated heterocycles. The van der Waals surface area contributed by atoms with Crippen molar-refractivity contribution in [1.82, 2.24) is 0 Å². The predicted octanol–water partition coefficient (Wildman–Crippen LogP) is 1.37. The zero-order chi connectivity index (χ0) is 12.0. The first-order valence-corrected chi connectivity index (χ1v) is 7.58. The van der Waals surface area contributed by atoms with Gasteiger partial charge in [-0.25, -0.2) is 0 Å². The maximum atomic E-state index is 5.80. The molecule has 0 saturated carbocycles. The molecule has 0 heterocycles. The Kier molecular flexibility index (Phi) is 5.14. The molecular formula is C12H21NO2Si. The minimum Gasteiger partial charge on any atom is -0.394 e. The summed E-state index contributed by atoms with van der Waals surface area (Å²) in [5.41, 5.74) is 5.80. The van der Waals surface area contributed by atoms with Gasteiger partial charge in [0.25, 0.3) is 0 Å². The van der Waals surface area contributed by atoms with Gasteiger partial charge < -0.3 is 14.6 Å². The van der Waals surface area contributed by atoms with Crippen LogP contribution in [0.1, 0.15) is 13.3 Å². The van der Waals surface area contributed by atoms with E-state index in [4.69, 9.17) is 14.6 Å². The van der Waals surface area contributed by atoms with Crippen LogP contribution in [0.5, 0.6) is 0 Å².